The van der Waals surface area contributed by atoms with Crippen LogP contribution in [-0.4, -0.2) is 77.0 Å². The normalized spacial score (nSPS) is 18.7. The molecule has 4 heterocycles. The number of piperidine rings is 1. The Morgan fingerprint density at radius 1 is 1.09 bits per heavy atom. The molecular formula is C35H39FN6O4S. The molecule has 3 aromatic heterocycles. The van der Waals surface area contributed by atoms with Gasteiger partial charge in [-0.1, -0.05) is 18.2 Å². The molecule has 0 radical (unpaired) electrons. The SMILES string of the molecule is COc1cc(C(=O)N2C[C@H](N)C[C@@H](F)C2)cc2nc(-c3cc4ccc(-c5ccc(CS(C)(=O)=O)cc5C)nc4n3CC3CC3)n(C)c12. The van der Waals surface area contributed by atoms with Gasteiger partial charge in [0.05, 0.1) is 36.3 Å². The standard InChI is InChI=1S/C35H39FN6O4S/c1-20-11-22(19-47(4,44)45)7-9-27(20)28-10-8-23-13-30(42(33(23)38-28)16-21-5-6-21)34-39-29-12-24(14-31(46-3)32(29)40(34)2)35(43)41-17-25(36)15-26(37)18-41/h7-14,21,25-26H,5-6,15-19,37H2,1-4H3/t25-,26-/m1/s1. The predicted octanol–water partition coefficient (Wildman–Crippen LogP) is 5.04. The molecule has 0 bridgehead atoms. The summed E-state index contributed by atoms with van der Waals surface area (Å²) in [5.74, 6) is 1.47. The highest BCUT2D eigenvalue weighted by Crippen LogP contribution is 2.38. The van der Waals surface area contributed by atoms with E-state index in [0.29, 0.717) is 35.1 Å². The van der Waals surface area contributed by atoms with E-state index >= 15 is 0 Å². The van der Waals surface area contributed by atoms with Crippen molar-refractivity contribution in [2.45, 2.75) is 50.7 Å². The van der Waals surface area contributed by atoms with Gasteiger partial charge in [-0.3, -0.25) is 4.79 Å². The number of aryl methyl sites for hydroxylation is 2. The van der Waals surface area contributed by atoms with Crippen molar-refractivity contribution in [1.82, 2.24) is 24.0 Å². The summed E-state index contributed by atoms with van der Waals surface area (Å²) in [5.41, 5.74) is 13.0. The number of hydrogen-bond donors (Lipinski definition) is 1. The lowest BCUT2D eigenvalue weighted by molar-refractivity contribution is 0.0606. The molecule has 2 fully saturated rings. The topological polar surface area (TPSA) is 125 Å². The van der Waals surface area contributed by atoms with Crippen molar-refractivity contribution >= 4 is 37.8 Å². The molecule has 0 spiro atoms. The first kappa shape index (κ1) is 31.3. The van der Waals surface area contributed by atoms with Crippen LogP contribution in [0.2, 0.25) is 0 Å². The van der Waals surface area contributed by atoms with Gasteiger partial charge in [0.25, 0.3) is 5.91 Å². The van der Waals surface area contributed by atoms with E-state index in [1.165, 1.54) is 11.2 Å². The van der Waals surface area contributed by atoms with Crippen LogP contribution >= 0.6 is 0 Å². The van der Waals surface area contributed by atoms with E-state index in [1.54, 1.807) is 19.2 Å². The van der Waals surface area contributed by atoms with Gasteiger partial charge in [-0.25, -0.2) is 22.8 Å². The second-order valence-corrected chi connectivity index (χ2v) is 15.4. The molecule has 2 N–H and O–H groups in total. The number of pyridine rings is 1. The fourth-order valence-electron chi connectivity index (χ4n) is 6.85. The Kier molecular flexibility index (Phi) is 7.83. The minimum absolute atomic E-state index is 0.00283. The molecule has 10 nitrogen and oxygen atoms in total. The van der Waals surface area contributed by atoms with Crippen molar-refractivity contribution < 1.29 is 22.3 Å². The van der Waals surface area contributed by atoms with E-state index in [2.05, 4.69) is 16.7 Å². The Labute approximate surface area is 273 Å². The van der Waals surface area contributed by atoms with Crippen LogP contribution in [0.3, 0.4) is 0 Å². The zero-order valence-electron chi connectivity index (χ0n) is 27.0. The number of alkyl halides is 1. The number of hydrogen-bond acceptors (Lipinski definition) is 7. The van der Waals surface area contributed by atoms with Crippen molar-refractivity contribution in [3.05, 3.63) is 65.2 Å². The predicted molar refractivity (Wildman–Crippen MR) is 181 cm³/mol. The van der Waals surface area contributed by atoms with Gasteiger partial charge < -0.3 is 24.5 Å². The fourth-order valence-corrected chi connectivity index (χ4v) is 7.64. The number of halogens is 1. The molecule has 7 rings (SSSR count). The average molecular weight is 659 g/mol. The van der Waals surface area contributed by atoms with Gasteiger partial charge in [0.1, 0.15) is 23.1 Å². The first-order valence-electron chi connectivity index (χ1n) is 15.9. The summed E-state index contributed by atoms with van der Waals surface area (Å²) in [6.07, 6.45) is 2.64. The minimum atomic E-state index is -3.14. The number of benzene rings is 2. The molecule has 0 unspecified atom stereocenters. The molecule has 246 valence electrons. The van der Waals surface area contributed by atoms with E-state index in [9.17, 15) is 17.6 Å². The quantitative estimate of drug-likeness (QED) is 0.248. The molecule has 2 aliphatic rings. The second kappa shape index (κ2) is 11.7. The maximum atomic E-state index is 14.3. The fraction of sp³-hybridized carbons (Fsp3) is 0.400. The van der Waals surface area contributed by atoms with Crippen LogP contribution in [0.25, 0.3) is 44.8 Å². The highest BCUT2D eigenvalue weighted by molar-refractivity contribution is 7.89. The third kappa shape index (κ3) is 6.12. The number of nitrogens with two attached hydrogens (primary N) is 1. The van der Waals surface area contributed by atoms with E-state index in [4.69, 9.17) is 20.4 Å². The molecule has 2 atom stereocenters. The Morgan fingerprint density at radius 2 is 1.87 bits per heavy atom. The molecule has 2 aromatic carbocycles. The van der Waals surface area contributed by atoms with Gasteiger partial charge >= 0.3 is 0 Å². The van der Waals surface area contributed by atoms with E-state index in [1.807, 2.05) is 42.8 Å². The van der Waals surface area contributed by atoms with Crippen molar-refractivity contribution in [3.8, 4) is 28.5 Å². The highest BCUT2D eigenvalue weighted by Gasteiger charge is 2.31. The molecular weight excluding hydrogens is 619 g/mol. The summed E-state index contributed by atoms with van der Waals surface area (Å²) < 4.78 is 48.0. The van der Waals surface area contributed by atoms with Gasteiger partial charge in [0.15, 0.2) is 15.7 Å². The number of nitrogens with zero attached hydrogens (tertiary/aromatic N) is 5. The number of methoxy groups -OCH3 is 1. The minimum Gasteiger partial charge on any atom is -0.494 e. The van der Waals surface area contributed by atoms with Crippen LogP contribution < -0.4 is 10.5 Å². The van der Waals surface area contributed by atoms with Gasteiger partial charge in [-0.05, 0) is 73.6 Å². The van der Waals surface area contributed by atoms with E-state index < -0.39 is 22.1 Å². The third-order valence-corrected chi connectivity index (χ3v) is 10.1. The van der Waals surface area contributed by atoms with Crippen molar-refractivity contribution in [2.24, 2.45) is 18.7 Å². The zero-order valence-corrected chi connectivity index (χ0v) is 27.8. The number of ether oxygens (including phenoxy) is 1. The lowest BCUT2D eigenvalue weighted by atomic mass is 10.0. The highest BCUT2D eigenvalue weighted by atomic mass is 32.2. The van der Waals surface area contributed by atoms with Crippen LogP contribution in [0.5, 0.6) is 5.75 Å². The summed E-state index contributed by atoms with van der Waals surface area (Å²) in [7, 11) is 0.360. The maximum Gasteiger partial charge on any atom is 0.254 e. The molecule has 1 aliphatic carbocycles. The number of carbonyl (C=O) groups excluding carboxylic acids is 1. The summed E-state index contributed by atoms with van der Waals surface area (Å²) >= 11 is 0. The molecule has 1 saturated carbocycles. The number of aromatic nitrogens is 4. The molecule has 47 heavy (non-hydrogen) atoms. The molecule has 1 saturated heterocycles. The van der Waals surface area contributed by atoms with Crippen molar-refractivity contribution in [2.75, 3.05) is 26.5 Å². The molecule has 1 aliphatic heterocycles. The summed E-state index contributed by atoms with van der Waals surface area (Å²) in [4.78, 5) is 25.2. The van der Waals surface area contributed by atoms with E-state index in [0.717, 1.165) is 64.0 Å². The van der Waals surface area contributed by atoms with Crippen LogP contribution in [0.1, 0.15) is 40.7 Å². The second-order valence-electron chi connectivity index (χ2n) is 13.3. The Hall–Kier alpha value is -4.29. The Morgan fingerprint density at radius 3 is 2.55 bits per heavy atom. The van der Waals surface area contributed by atoms with Crippen LogP contribution in [0.15, 0.2) is 48.5 Å². The molecule has 1 amide bonds. The van der Waals surface area contributed by atoms with Gasteiger partial charge in [-0.15, -0.1) is 0 Å². The number of fused-ring (bicyclic) bond motifs is 2. The smallest absolute Gasteiger partial charge is 0.254 e. The molecule has 12 heteroatoms. The number of sulfone groups is 1. The van der Waals surface area contributed by atoms with Crippen molar-refractivity contribution in [3.63, 3.8) is 0 Å². The average Bonchev–Trinajstić information content (AvgIpc) is 3.68. The Balaban J connectivity index is 1.31. The number of imidazole rings is 1. The lowest BCUT2D eigenvalue weighted by Crippen LogP contribution is -2.50. The Bertz CT molecular complexity index is 2140. The molecule has 5 aromatic rings. The monoisotopic (exact) mass is 658 g/mol. The van der Waals surface area contributed by atoms with Gasteiger partial charge in [0, 0.05) is 48.9 Å². The van der Waals surface area contributed by atoms with Gasteiger partial charge in [0.2, 0.25) is 0 Å². The van der Waals surface area contributed by atoms with Crippen molar-refractivity contribution in [1.29, 1.82) is 0 Å². The largest absolute Gasteiger partial charge is 0.494 e. The number of likely N-dealkylation sites (tertiary alicyclic amines) is 1. The van der Waals surface area contributed by atoms with Gasteiger partial charge in [-0.2, -0.15) is 0 Å². The summed E-state index contributed by atoms with van der Waals surface area (Å²) in [6, 6.07) is 14.9. The zero-order chi connectivity index (χ0) is 33.2. The van der Waals surface area contributed by atoms with E-state index in [-0.39, 0.29) is 24.6 Å². The first-order chi connectivity index (χ1) is 22.4. The van der Waals surface area contributed by atoms with Crippen LogP contribution in [-0.2, 0) is 29.2 Å². The van der Waals surface area contributed by atoms with Crippen LogP contribution in [0.4, 0.5) is 4.39 Å². The van der Waals surface area contributed by atoms with Crippen LogP contribution in [0, 0.1) is 12.8 Å². The number of amides is 1. The number of carbonyl (C=O) groups is 1. The third-order valence-electron chi connectivity index (χ3n) is 9.23. The summed E-state index contributed by atoms with van der Waals surface area (Å²) in [6.45, 7) is 3.09. The lowest BCUT2D eigenvalue weighted by Gasteiger charge is -2.33. The summed E-state index contributed by atoms with van der Waals surface area (Å²) in [5, 5.41) is 0.979. The number of rotatable bonds is 8. The maximum absolute atomic E-state index is 14.3. The first-order valence-corrected chi connectivity index (χ1v) is 18.0.